The lowest BCUT2D eigenvalue weighted by Crippen LogP contribution is -2.23. The fraction of sp³-hybridized carbons (Fsp3) is 0.111. The minimum absolute atomic E-state index is 0.254. The van der Waals surface area contributed by atoms with E-state index in [1.54, 1.807) is 12.4 Å². The number of amides is 1. The van der Waals surface area contributed by atoms with E-state index in [0.717, 1.165) is 0 Å². The summed E-state index contributed by atoms with van der Waals surface area (Å²) in [5.74, 6) is 0.391. The van der Waals surface area contributed by atoms with E-state index in [1.165, 1.54) is 6.07 Å². The van der Waals surface area contributed by atoms with Crippen LogP contribution in [0.5, 0.6) is 0 Å². The number of halogens is 2. The predicted molar refractivity (Wildman–Crippen MR) is 60.6 cm³/mol. The first kappa shape index (κ1) is 11.0. The van der Waals surface area contributed by atoms with Crippen LogP contribution < -0.4 is 5.32 Å². The van der Waals surface area contributed by atoms with Crippen molar-refractivity contribution in [2.45, 2.75) is 6.54 Å². The molecule has 1 amide bonds. The quantitative estimate of drug-likeness (QED) is 0.788. The third-order valence-corrected chi connectivity index (χ3v) is 2.63. The average Bonchev–Trinajstić information content (AvgIpc) is 2.86. The molecule has 0 radical (unpaired) electrons. The van der Waals surface area contributed by atoms with Crippen molar-refractivity contribution in [2.75, 3.05) is 0 Å². The topological polar surface area (TPSA) is 73.6 Å². The molecule has 0 aromatic carbocycles. The van der Waals surface area contributed by atoms with E-state index in [9.17, 15) is 4.79 Å². The number of H-pyrrole nitrogens is 2. The standard InChI is InChI=1S/C9H8Cl2N4O/c10-5-3-6(15-8(5)11)9(16)14-4-7-12-1-2-13-7/h1-3,15H,4H2,(H,12,13)(H,14,16). The van der Waals surface area contributed by atoms with Crippen molar-refractivity contribution in [2.24, 2.45) is 0 Å². The highest BCUT2D eigenvalue weighted by molar-refractivity contribution is 6.41. The van der Waals surface area contributed by atoms with Gasteiger partial charge in [-0.05, 0) is 6.07 Å². The monoisotopic (exact) mass is 258 g/mol. The number of carbonyl (C=O) groups is 1. The summed E-state index contributed by atoms with van der Waals surface area (Å²) in [4.78, 5) is 21.1. The number of aromatic nitrogens is 3. The minimum Gasteiger partial charge on any atom is -0.347 e. The molecule has 16 heavy (non-hydrogen) atoms. The summed E-state index contributed by atoms with van der Waals surface area (Å²) >= 11 is 11.4. The van der Waals surface area contributed by atoms with Crippen LogP contribution >= 0.6 is 23.2 Å². The highest BCUT2D eigenvalue weighted by Gasteiger charge is 2.11. The van der Waals surface area contributed by atoms with Crippen LogP contribution in [0, 0.1) is 0 Å². The molecule has 5 nitrogen and oxygen atoms in total. The summed E-state index contributed by atoms with van der Waals surface area (Å²) < 4.78 is 0. The first-order chi connectivity index (χ1) is 7.66. The Balaban J connectivity index is 1.98. The highest BCUT2D eigenvalue weighted by Crippen LogP contribution is 2.21. The molecule has 3 N–H and O–H groups in total. The van der Waals surface area contributed by atoms with Gasteiger partial charge in [0.05, 0.1) is 11.6 Å². The molecule has 0 atom stereocenters. The molecule has 0 fully saturated rings. The Morgan fingerprint density at radius 3 is 2.88 bits per heavy atom. The molecule has 0 aliphatic heterocycles. The number of imidazole rings is 1. The number of hydrogen-bond donors (Lipinski definition) is 3. The van der Waals surface area contributed by atoms with Gasteiger partial charge >= 0.3 is 0 Å². The van der Waals surface area contributed by atoms with Crippen LogP contribution in [0.1, 0.15) is 16.3 Å². The number of nitrogens with zero attached hydrogens (tertiary/aromatic N) is 1. The van der Waals surface area contributed by atoms with Crippen molar-refractivity contribution in [1.29, 1.82) is 0 Å². The van der Waals surface area contributed by atoms with E-state index in [0.29, 0.717) is 23.1 Å². The van der Waals surface area contributed by atoms with Gasteiger partial charge in [0.15, 0.2) is 0 Å². The summed E-state index contributed by atoms with van der Waals surface area (Å²) in [5, 5.41) is 3.24. The molecule has 2 aromatic rings. The molecule has 84 valence electrons. The highest BCUT2D eigenvalue weighted by atomic mass is 35.5. The maximum atomic E-state index is 11.6. The Hall–Kier alpha value is -1.46. The van der Waals surface area contributed by atoms with Crippen LogP contribution in [-0.2, 0) is 6.54 Å². The normalized spacial score (nSPS) is 10.4. The Morgan fingerprint density at radius 1 is 1.50 bits per heavy atom. The van der Waals surface area contributed by atoms with Crippen LogP contribution in [0.4, 0.5) is 0 Å². The molecular weight excluding hydrogens is 251 g/mol. The van der Waals surface area contributed by atoms with Crippen LogP contribution in [0.25, 0.3) is 0 Å². The fourth-order valence-electron chi connectivity index (χ4n) is 1.18. The molecule has 0 aliphatic rings. The fourth-order valence-corrected chi connectivity index (χ4v) is 1.49. The predicted octanol–water partition coefficient (Wildman–Crippen LogP) is 1.97. The van der Waals surface area contributed by atoms with Gasteiger partial charge in [0.25, 0.3) is 5.91 Å². The molecule has 7 heteroatoms. The van der Waals surface area contributed by atoms with Crippen molar-refractivity contribution in [3.63, 3.8) is 0 Å². The molecule has 0 spiro atoms. The largest absolute Gasteiger partial charge is 0.347 e. The van der Waals surface area contributed by atoms with Gasteiger partial charge in [0.2, 0.25) is 0 Å². The van der Waals surface area contributed by atoms with E-state index >= 15 is 0 Å². The zero-order valence-corrected chi connectivity index (χ0v) is 9.56. The molecule has 0 saturated carbocycles. The van der Waals surface area contributed by atoms with Gasteiger partial charge in [-0.2, -0.15) is 0 Å². The third-order valence-electron chi connectivity index (χ3n) is 1.94. The summed E-state index contributed by atoms with van der Waals surface area (Å²) in [5.41, 5.74) is 0.321. The van der Waals surface area contributed by atoms with Crippen molar-refractivity contribution >= 4 is 29.1 Å². The molecule has 0 unspecified atom stereocenters. The summed E-state index contributed by atoms with van der Waals surface area (Å²) in [6.45, 7) is 0.320. The molecule has 2 aromatic heterocycles. The first-order valence-electron chi connectivity index (χ1n) is 4.47. The smallest absolute Gasteiger partial charge is 0.268 e. The van der Waals surface area contributed by atoms with Gasteiger partial charge in [-0.3, -0.25) is 4.79 Å². The average molecular weight is 259 g/mol. The van der Waals surface area contributed by atoms with Crippen molar-refractivity contribution in [1.82, 2.24) is 20.3 Å². The van der Waals surface area contributed by atoms with Gasteiger partial charge in [0, 0.05) is 12.4 Å². The number of nitrogens with one attached hydrogen (secondary N) is 3. The maximum absolute atomic E-state index is 11.6. The number of rotatable bonds is 3. The summed E-state index contributed by atoms with van der Waals surface area (Å²) in [6.07, 6.45) is 3.30. The minimum atomic E-state index is -0.287. The maximum Gasteiger partial charge on any atom is 0.268 e. The lowest BCUT2D eigenvalue weighted by molar-refractivity contribution is 0.0945. The van der Waals surface area contributed by atoms with E-state index in [-0.39, 0.29) is 11.1 Å². The van der Waals surface area contributed by atoms with Crippen LogP contribution in [0.15, 0.2) is 18.5 Å². The molecule has 0 saturated heterocycles. The first-order valence-corrected chi connectivity index (χ1v) is 5.23. The zero-order chi connectivity index (χ0) is 11.5. The zero-order valence-electron chi connectivity index (χ0n) is 8.05. The van der Waals surface area contributed by atoms with Crippen molar-refractivity contribution in [3.05, 3.63) is 40.2 Å². The summed E-state index contributed by atoms with van der Waals surface area (Å²) in [6, 6.07) is 1.47. The van der Waals surface area contributed by atoms with Gasteiger partial charge in [-0.1, -0.05) is 23.2 Å². The Labute approximate surface area is 101 Å². The van der Waals surface area contributed by atoms with E-state index < -0.39 is 0 Å². The van der Waals surface area contributed by atoms with Crippen molar-refractivity contribution < 1.29 is 4.79 Å². The second kappa shape index (κ2) is 4.59. The van der Waals surface area contributed by atoms with E-state index in [2.05, 4.69) is 20.3 Å². The van der Waals surface area contributed by atoms with E-state index in [4.69, 9.17) is 23.2 Å². The second-order valence-electron chi connectivity index (χ2n) is 3.06. The van der Waals surface area contributed by atoms with Gasteiger partial charge in [0.1, 0.15) is 16.7 Å². The van der Waals surface area contributed by atoms with Gasteiger partial charge in [-0.15, -0.1) is 0 Å². The molecular formula is C9H8Cl2N4O. The lowest BCUT2D eigenvalue weighted by Gasteiger charge is -2.00. The van der Waals surface area contributed by atoms with Gasteiger partial charge in [-0.25, -0.2) is 4.98 Å². The van der Waals surface area contributed by atoms with Gasteiger partial charge < -0.3 is 15.3 Å². The Morgan fingerprint density at radius 2 is 2.31 bits per heavy atom. The number of aromatic amines is 2. The molecule has 2 rings (SSSR count). The van der Waals surface area contributed by atoms with Crippen LogP contribution in [0.3, 0.4) is 0 Å². The third kappa shape index (κ3) is 2.37. The Kier molecular flexibility index (Phi) is 3.17. The van der Waals surface area contributed by atoms with Crippen LogP contribution in [0.2, 0.25) is 10.2 Å². The van der Waals surface area contributed by atoms with Crippen LogP contribution in [-0.4, -0.2) is 20.9 Å². The lowest BCUT2D eigenvalue weighted by atomic mass is 10.4. The number of carbonyl (C=O) groups excluding carboxylic acids is 1. The van der Waals surface area contributed by atoms with E-state index in [1.807, 2.05) is 0 Å². The number of hydrogen-bond acceptors (Lipinski definition) is 2. The molecule has 2 heterocycles. The SMILES string of the molecule is O=C(NCc1ncc[nH]1)c1cc(Cl)c(Cl)[nH]1. The summed E-state index contributed by atoms with van der Waals surface area (Å²) in [7, 11) is 0. The molecule has 0 aliphatic carbocycles. The Bertz CT molecular complexity index is 472. The molecule has 0 bridgehead atoms. The van der Waals surface area contributed by atoms with Crippen molar-refractivity contribution in [3.8, 4) is 0 Å². The second-order valence-corrected chi connectivity index (χ2v) is 3.85.